The van der Waals surface area contributed by atoms with Crippen LogP contribution < -0.4 is 15.4 Å². The monoisotopic (exact) mass is 385 g/mol. The molecule has 5 heteroatoms. The topological polar surface area (TPSA) is 69.3 Å². The number of H-pyrrole nitrogens is 1. The Morgan fingerprint density at radius 2 is 1.71 bits per heavy atom. The number of aliphatic hydroxyl groups excluding tert-OH is 1. The fourth-order valence-corrected chi connectivity index (χ4v) is 3.02. The van der Waals surface area contributed by atoms with E-state index in [4.69, 9.17) is 4.74 Å². The quantitative estimate of drug-likeness (QED) is 0.397. The summed E-state index contributed by atoms with van der Waals surface area (Å²) in [5, 5.41) is 18.5. The molecule has 0 saturated heterocycles. The molecule has 3 aromatic rings. The molecule has 0 saturated carbocycles. The van der Waals surface area contributed by atoms with Crippen LogP contribution in [0.25, 0.3) is 21.8 Å². The van der Waals surface area contributed by atoms with Crippen molar-refractivity contribution in [1.29, 1.82) is 0 Å². The van der Waals surface area contributed by atoms with Crippen LogP contribution in [0.2, 0.25) is 0 Å². The molecule has 1 aromatic heterocycles. The highest BCUT2D eigenvalue weighted by Gasteiger charge is 2.11. The van der Waals surface area contributed by atoms with Crippen LogP contribution in [0.15, 0.2) is 42.5 Å². The second kappa shape index (κ2) is 12.4. The fourth-order valence-electron chi connectivity index (χ4n) is 3.02. The molecule has 2 aromatic carbocycles. The summed E-state index contributed by atoms with van der Waals surface area (Å²) in [6, 6.07) is 14.1. The third-order valence-corrected chi connectivity index (χ3v) is 4.51. The van der Waals surface area contributed by atoms with Crippen LogP contribution in [0.5, 0.6) is 5.75 Å². The number of benzene rings is 2. The van der Waals surface area contributed by atoms with Crippen molar-refractivity contribution in [3.05, 3.63) is 42.5 Å². The summed E-state index contributed by atoms with van der Waals surface area (Å²) >= 11 is 0. The molecule has 1 unspecified atom stereocenters. The van der Waals surface area contributed by atoms with Gasteiger partial charge in [0.15, 0.2) is 0 Å². The molecule has 0 fully saturated rings. The van der Waals surface area contributed by atoms with Crippen LogP contribution in [0.4, 0.5) is 0 Å². The molecule has 1 heterocycles. The lowest BCUT2D eigenvalue weighted by molar-refractivity contribution is 0.108. The molecule has 5 nitrogen and oxygen atoms in total. The number of hydrogen-bond acceptors (Lipinski definition) is 4. The molecule has 0 radical (unpaired) electrons. The van der Waals surface area contributed by atoms with Crippen molar-refractivity contribution in [2.75, 3.05) is 32.8 Å². The molecule has 0 aliphatic rings. The van der Waals surface area contributed by atoms with Gasteiger partial charge in [-0.2, -0.15) is 0 Å². The Kier molecular flexibility index (Phi) is 9.83. The Labute approximate surface area is 168 Å². The zero-order valence-electron chi connectivity index (χ0n) is 17.4. The summed E-state index contributed by atoms with van der Waals surface area (Å²) in [7, 11) is 0. The maximum absolute atomic E-state index is 9.88. The predicted octanol–water partition coefficient (Wildman–Crippen LogP) is 4.07. The number of aromatic nitrogens is 1. The number of ether oxygens (including phenoxy) is 1. The maximum Gasteiger partial charge on any atom is 0.129 e. The van der Waals surface area contributed by atoms with E-state index in [0.29, 0.717) is 6.54 Å². The summed E-state index contributed by atoms with van der Waals surface area (Å²) in [6.45, 7) is 10.3. The Morgan fingerprint density at radius 1 is 0.964 bits per heavy atom. The first-order chi connectivity index (χ1) is 13.7. The molecule has 0 amide bonds. The van der Waals surface area contributed by atoms with E-state index >= 15 is 0 Å². The lowest BCUT2D eigenvalue weighted by Crippen LogP contribution is -2.31. The predicted molar refractivity (Wildman–Crippen MR) is 119 cm³/mol. The minimum atomic E-state index is -0.509. The van der Waals surface area contributed by atoms with Crippen LogP contribution in [-0.4, -0.2) is 49.0 Å². The van der Waals surface area contributed by atoms with Crippen LogP contribution in [0, 0.1) is 0 Å². The Hall–Kier alpha value is -2.08. The van der Waals surface area contributed by atoms with Crippen LogP contribution in [-0.2, 0) is 0 Å². The van der Waals surface area contributed by atoms with Crippen molar-refractivity contribution in [3.63, 3.8) is 0 Å². The molecule has 0 aliphatic carbocycles. The van der Waals surface area contributed by atoms with Gasteiger partial charge in [0.25, 0.3) is 0 Å². The van der Waals surface area contributed by atoms with E-state index in [1.165, 1.54) is 19.4 Å². The molecule has 0 aliphatic heterocycles. The molecular formula is C23H35N3O2. The minimum absolute atomic E-state index is 0.283. The largest absolute Gasteiger partial charge is 0.490 e. The van der Waals surface area contributed by atoms with Crippen molar-refractivity contribution in [2.24, 2.45) is 0 Å². The number of nitrogens with one attached hydrogen (secondary N) is 3. The average molecular weight is 386 g/mol. The van der Waals surface area contributed by atoms with E-state index in [0.717, 1.165) is 40.6 Å². The van der Waals surface area contributed by atoms with Crippen molar-refractivity contribution in [3.8, 4) is 5.75 Å². The minimum Gasteiger partial charge on any atom is -0.490 e. The molecule has 0 bridgehead atoms. The highest BCUT2D eigenvalue weighted by Crippen LogP contribution is 2.32. The molecule has 1 atom stereocenters. The van der Waals surface area contributed by atoms with E-state index in [-0.39, 0.29) is 6.61 Å². The third kappa shape index (κ3) is 6.51. The number of aromatic amines is 1. The number of hydrogen-bond donors (Lipinski definition) is 4. The van der Waals surface area contributed by atoms with E-state index in [9.17, 15) is 5.11 Å². The number of likely N-dealkylation sites (N-methyl/N-ethyl adjacent to an activating group) is 1. The zero-order chi connectivity index (χ0) is 20.2. The van der Waals surface area contributed by atoms with Gasteiger partial charge >= 0.3 is 0 Å². The first-order valence-corrected chi connectivity index (χ1v) is 10.4. The number of fused-ring (bicyclic) bond motifs is 3. The third-order valence-electron chi connectivity index (χ3n) is 4.51. The van der Waals surface area contributed by atoms with E-state index in [1.54, 1.807) is 0 Å². The van der Waals surface area contributed by atoms with E-state index in [1.807, 2.05) is 37.3 Å². The summed E-state index contributed by atoms with van der Waals surface area (Å²) in [6.07, 6.45) is 2.10. The van der Waals surface area contributed by atoms with Gasteiger partial charge < -0.3 is 25.5 Å². The second-order valence-corrected chi connectivity index (χ2v) is 6.83. The highest BCUT2D eigenvalue weighted by molar-refractivity contribution is 6.10. The number of unbranched alkanes of at least 4 members (excludes halogenated alkanes) is 1. The molecule has 154 valence electrons. The summed E-state index contributed by atoms with van der Waals surface area (Å²) < 4.78 is 5.83. The van der Waals surface area contributed by atoms with Crippen molar-refractivity contribution in [2.45, 2.75) is 39.7 Å². The SMILES string of the molecule is CCCCNCC.CCNCC(O)COc1cccc2[nH]c3ccccc3c12. The van der Waals surface area contributed by atoms with Gasteiger partial charge in [-0.25, -0.2) is 0 Å². The van der Waals surface area contributed by atoms with Gasteiger partial charge in [0, 0.05) is 22.8 Å². The fraction of sp³-hybridized carbons (Fsp3) is 0.478. The smallest absolute Gasteiger partial charge is 0.129 e. The van der Waals surface area contributed by atoms with Gasteiger partial charge in [-0.3, -0.25) is 0 Å². The van der Waals surface area contributed by atoms with Crippen molar-refractivity contribution >= 4 is 21.8 Å². The lowest BCUT2D eigenvalue weighted by atomic mass is 10.1. The maximum atomic E-state index is 9.88. The standard InChI is InChI=1S/C17H20N2O2.C6H15N/c1-2-18-10-12(20)11-21-16-9-5-8-15-17(16)13-6-3-4-7-14(13)19-15;1-3-5-6-7-4-2/h3-9,12,18-20H,2,10-11H2,1H3;7H,3-6H2,1-2H3. The van der Waals surface area contributed by atoms with Crippen LogP contribution >= 0.6 is 0 Å². The van der Waals surface area contributed by atoms with Crippen molar-refractivity contribution in [1.82, 2.24) is 15.6 Å². The van der Waals surface area contributed by atoms with Gasteiger partial charge in [-0.15, -0.1) is 0 Å². The highest BCUT2D eigenvalue weighted by atomic mass is 16.5. The van der Waals surface area contributed by atoms with E-state index in [2.05, 4.69) is 41.6 Å². The number of aliphatic hydroxyl groups is 1. The Balaban J connectivity index is 0.000000345. The Morgan fingerprint density at radius 3 is 2.46 bits per heavy atom. The molecule has 28 heavy (non-hydrogen) atoms. The lowest BCUT2D eigenvalue weighted by Gasteiger charge is -2.13. The summed E-state index contributed by atoms with van der Waals surface area (Å²) in [5.74, 6) is 0.806. The van der Waals surface area contributed by atoms with Gasteiger partial charge in [-0.05, 0) is 44.3 Å². The number of rotatable bonds is 10. The van der Waals surface area contributed by atoms with Crippen molar-refractivity contribution < 1.29 is 9.84 Å². The van der Waals surface area contributed by atoms with E-state index < -0.39 is 6.10 Å². The van der Waals surface area contributed by atoms with Crippen LogP contribution in [0.3, 0.4) is 0 Å². The number of para-hydroxylation sites is 1. The first kappa shape index (κ1) is 22.2. The molecule has 0 spiro atoms. The summed E-state index contributed by atoms with van der Waals surface area (Å²) in [4.78, 5) is 3.39. The second-order valence-electron chi connectivity index (χ2n) is 6.83. The normalized spacial score (nSPS) is 12.0. The van der Waals surface area contributed by atoms with Gasteiger partial charge in [-0.1, -0.05) is 51.5 Å². The summed E-state index contributed by atoms with van der Waals surface area (Å²) in [5.41, 5.74) is 2.15. The molecule has 4 N–H and O–H groups in total. The first-order valence-electron chi connectivity index (χ1n) is 10.4. The molecule has 3 rings (SSSR count). The zero-order valence-corrected chi connectivity index (χ0v) is 17.4. The van der Waals surface area contributed by atoms with Gasteiger partial charge in [0.1, 0.15) is 18.5 Å². The molecular weight excluding hydrogens is 350 g/mol. The Bertz CT molecular complexity index is 812. The van der Waals surface area contributed by atoms with Gasteiger partial charge in [0.05, 0.1) is 5.52 Å². The average Bonchev–Trinajstić information content (AvgIpc) is 3.11. The van der Waals surface area contributed by atoms with Crippen LogP contribution in [0.1, 0.15) is 33.6 Å². The van der Waals surface area contributed by atoms with Gasteiger partial charge in [0.2, 0.25) is 0 Å².